The Hall–Kier alpha value is -1.50. The lowest BCUT2D eigenvalue weighted by Crippen LogP contribution is -2.42. The van der Waals surface area contributed by atoms with Gasteiger partial charge in [0.15, 0.2) is 0 Å². The van der Waals surface area contributed by atoms with Gasteiger partial charge in [-0.05, 0) is 60.9 Å². The van der Waals surface area contributed by atoms with Crippen LogP contribution in [-0.2, 0) is 9.47 Å². The first kappa shape index (κ1) is 22.5. The van der Waals surface area contributed by atoms with Crippen LogP contribution in [0.15, 0.2) is 0 Å². The van der Waals surface area contributed by atoms with Crippen molar-refractivity contribution in [1.29, 1.82) is 0 Å². The lowest BCUT2D eigenvalue weighted by Gasteiger charge is -2.27. The molecule has 0 fully saturated rings. The van der Waals surface area contributed by atoms with E-state index in [4.69, 9.17) is 15.2 Å². The summed E-state index contributed by atoms with van der Waals surface area (Å²) in [4.78, 5) is 25.5. The van der Waals surface area contributed by atoms with E-state index in [0.717, 1.165) is 19.3 Å². The van der Waals surface area contributed by atoms with E-state index in [2.05, 4.69) is 5.32 Å². The average molecular weight is 345 g/mol. The van der Waals surface area contributed by atoms with E-state index in [0.29, 0.717) is 26.2 Å². The molecule has 0 rings (SSSR count). The van der Waals surface area contributed by atoms with Crippen LogP contribution in [0, 0.1) is 0 Å². The Kier molecular flexibility index (Phi) is 9.73. The average Bonchev–Trinajstić information content (AvgIpc) is 2.37. The van der Waals surface area contributed by atoms with Gasteiger partial charge in [0.05, 0.1) is 0 Å². The van der Waals surface area contributed by atoms with E-state index in [1.165, 1.54) is 0 Å². The van der Waals surface area contributed by atoms with Gasteiger partial charge in [0, 0.05) is 19.6 Å². The van der Waals surface area contributed by atoms with Gasteiger partial charge in [0.25, 0.3) is 0 Å². The molecule has 0 bridgehead atoms. The number of hydrogen-bond donors (Lipinski definition) is 2. The highest BCUT2D eigenvalue weighted by atomic mass is 16.6. The van der Waals surface area contributed by atoms with E-state index in [1.807, 2.05) is 20.8 Å². The van der Waals surface area contributed by atoms with Gasteiger partial charge >= 0.3 is 12.2 Å². The standard InChI is InChI=1S/C17H35N3O4/c1-16(2,3)23-14(21)19-11-13-20(12-9-7-8-10-18)15(22)24-17(4,5)6/h7-13,18H2,1-6H3,(H,19,21). The maximum atomic E-state index is 12.3. The Morgan fingerprint density at radius 1 is 0.917 bits per heavy atom. The minimum Gasteiger partial charge on any atom is -0.444 e. The van der Waals surface area contributed by atoms with Gasteiger partial charge in [0.1, 0.15) is 11.2 Å². The third kappa shape index (κ3) is 13.0. The molecule has 0 aromatic rings. The highest BCUT2D eigenvalue weighted by Crippen LogP contribution is 2.11. The van der Waals surface area contributed by atoms with Gasteiger partial charge in [-0.15, -0.1) is 0 Å². The van der Waals surface area contributed by atoms with Gasteiger partial charge in [-0.2, -0.15) is 0 Å². The molecule has 0 aliphatic rings. The van der Waals surface area contributed by atoms with Crippen LogP contribution >= 0.6 is 0 Å². The van der Waals surface area contributed by atoms with Crippen LogP contribution in [0.2, 0.25) is 0 Å². The number of nitrogens with one attached hydrogen (secondary N) is 1. The van der Waals surface area contributed by atoms with E-state index in [9.17, 15) is 9.59 Å². The van der Waals surface area contributed by atoms with Crippen LogP contribution in [0.4, 0.5) is 9.59 Å². The number of amides is 2. The maximum Gasteiger partial charge on any atom is 0.410 e. The summed E-state index contributed by atoms with van der Waals surface area (Å²) in [5.74, 6) is 0. The molecule has 0 saturated heterocycles. The fraction of sp³-hybridized carbons (Fsp3) is 0.882. The summed E-state index contributed by atoms with van der Waals surface area (Å²) in [5.41, 5.74) is 4.39. The van der Waals surface area contributed by atoms with Gasteiger partial charge in [-0.1, -0.05) is 6.42 Å². The summed E-state index contributed by atoms with van der Waals surface area (Å²) in [6.45, 7) is 12.8. The first-order chi connectivity index (χ1) is 10.9. The van der Waals surface area contributed by atoms with E-state index in [1.54, 1.807) is 25.7 Å². The molecule has 0 atom stereocenters. The fourth-order valence-corrected chi connectivity index (χ4v) is 1.85. The Morgan fingerprint density at radius 2 is 1.50 bits per heavy atom. The predicted molar refractivity (Wildman–Crippen MR) is 94.9 cm³/mol. The fourth-order valence-electron chi connectivity index (χ4n) is 1.85. The smallest absolute Gasteiger partial charge is 0.410 e. The molecule has 0 aliphatic carbocycles. The van der Waals surface area contributed by atoms with Crippen molar-refractivity contribution in [3.63, 3.8) is 0 Å². The molecule has 0 radical (unpaired) electrons. The molecule has 3 N–H and O–H groups in total. The molecule has 0 aromatic heterocycles. The zero-order chi connectivity index (χ0) is 18.8. The van der Waals surface area contributed by atoms with Crippen LogP contribution in [0.3, 0.4) is 0 Å². The van der Waals surface area contributed by atoms with E-state index in [-0.39, 0.29) is 6.09 Å². The quantitative estimate of drug-likeness (QED) is 0.660. The summed E-state index contributed by atoms with van der Waals surface area (Å²) in [7, 11) is 0. The van der Waals surface area contributed by atoms with Crippen molar-refractivity contribution < 1.29 is 19.1 Å². The molecular formula is C17H35N3O4. The molecule has 0 saturated carbocycles. The third-order valence-electron chi connectivity index (χ3n) is 2.83. The molecule has 7 heteroatoms. The second-order valence-electron chi connectivity index (χ2n) is 7.75. The second kappa shape index (κ2) is 10.4. The Balaban J connectivity index is 4.42. The summed E-state index contributed by atoms with van der Waals surface area (Å²) >= 11 is 0. The molecule has 142 valence electrons. The normalized spacial score (nSPS) is 11.8. The van der Waals surface area contributed by atoms with Crippen LogP contribution in [-0.4, -0.2) is 54.5 Å². The van der Waals surface area contributed by atoms with Crippen molar-refractivity contribution in [2.75, 3.05) is 26.2 Å². The molecule has 0 unspecified atom stereocenters. The third-order valence-corrected chi connectivity index (χ3v) is 2.83. The predicted octanol–water partition coefficient (Wildman–Crippen LogP) is 2.88. The van der Waals surface area contributed by atoms with Crippen LogP contribution < -0.4 is 11.1 Å². The molecule has 0 aliphatic heterocycles. The maximum absolute atomic E-state index is 12.3. The number of rotatable bonds is 8. The van der Waals surface area contributed by atoms with Crippen molar-refractivity contribution in [1.82, 2.24) is 10.2 Å². The molecule has 24 heavy (non-hydrogen) atoms. The summed E-state index contributed by atoms with van der Waals surface area (Å²) < 4.78 is 10.6. The van der Waals surface area contributed by atoms with Gasteiger partial charge in [-0.25, -0.2) is 9.59 Å². The lowest BCUT2D eigenvalue weighted by molar-refractivity contribution is 0.0237. The monoisotopic (exact) mass is 345 g/mol. The number of alkyl carbamates (subject to hydrolysis) is 1. The number of carbonyl (C=O) groups is 2. The van der Waals surface area contributed by atoms with Crippen molar-refractivity contribution >= 4 is 12.2 Å². The molecular weight excluding hydrogens is 310 g/mol. The van der Waals surface area contributed by atoms with Gasteiger partial charge in [0.2, 0.25) is 0 Å². The minimum atomic E-state index is -0.550. The zero-order valence-electron chi connectivity index (χ0n) is 16.1. The van der Waals surface area contributed by atoms with Crippen LogP contribution in [0.25, 0.3) is 0 Å². The first-order valence-corrected chi connectivity index (χ1v) is 8.59. The number of nitrogens with two attached hydrogens (primary N) is 1. The Bertz CT molecular complexity index is 386. The van der Waals surface area contributed by atoms with Crippen molar-refractivity contribution in [3.8, 4) is 0 Å². The molecule has 0 heterocycles. The number of carbonyl (C=O) groups excluding carboxylic acids is 2. The summed E-state index contributed by atoms with van der Waals surface area (Å²) in [6, 6.07) is 0. The van der Waals surface area contributed by atoms with Crippen molar-refractivity contribution in [3.05, 3.63) is 0 Å². The Morgan fingerprint density at radius 3 is 2.00 bits per heavy atom. The van der Waals surface area contributed by atoms with Crippen molar-refractivity contribution in [2.24, 2.45) is 5.73 Å². The van der Waals surface area contributed by atoms with E-state index < -0.39 is 17.3 Å². The molecule has 7 nitrogen and oxygen atoms in total. The van der Waals surface area contributed by atoms with Gasteiger partial charge in [-0.3, -0.25) is 0 Å². The molecule has 0 spiro atoms. The topological polar surface area (TPSA) is 93.9 Å². The largest absolute Gasteiger partial charge is 0.444 e. The molecule has 0 aromatic carbocycles. The first-order valence-electron chi connectivity index (χ1n) is 8.59. The summed E-state index contributed by atoms with van der Waals surface area (Å²) in [5, 5.41) is 2.66. The van der Waals surface area contributed by atoms with Crippen LogP contribution in [0.5, 0.6) is 0 Å². The number of hydrogen-bond acceptors (Lipinski definition) is 5. The lowest BCUT2D eigenvalue weighted by atomic mass is 10.2. The number of unbranched alkanes of at least 4 members (excludes halogenated alkanes) is 2. The number of nitrogens with zero attached hydrogens (tertiary/aromatic N) is 1. The van der Waals surface area contributed by atoms with Crippen molar-refractivity contribution in [2.45, 2.75) is 72.0 Å². The molecule has 2 amide bonds. The highest BCUT2D eigenvalue weighted by Gasteiger charge is 2.22. The zero-order valence-corrected chi connectivity index (χ0v) is 16.1. The van der Waals surface area contributed by atoms with E-state index >= 15 is 0 Å². The van der Waals surface area contributed by atoms with Gasteiger partial charge < -0.3 is 25.4 Å². The minimum absolute atomic E-state index is 0.311. The Labute approximate surface area is 146 Å². The second-order valence-corrected chi connectivity index (χ2v) is 7.75. The summed E-state index contributed by atoms with van der Waals surface area (Å²) in [6.07, 6.45) is 1.87. The highest BCUT2D eigenvalue weighted by molar-refractivity contribution is 5.69. The SMILES string of the molecule is CC(C)(C)OC(=O)NCCN(CCCCCN)C(=O)OC(C)(C)C. The number of ether oxygens (including phenoxy) is 2. The van der Waals surface area contributed by atoms with Crippen LogP contribution in [0.1, 0.15) is 60.8 Å².